The van der Waals surface area contributed by atoms with Crippen LogP contribution in [0.25, 0.3) is 20.7 Å². The molecule has 0 spiro atoms. The number of aromatic hydroxyl groups is 1. The second-order valence-corrected chi connectivity index (χ2v) is 16.3. The molecule has 5 amide bonds. The van der Waals surface area contributed by atoms with Gasteiger partial charge in [0.15, 0.2) is 11.5 Å². The summed E-state index contributed by atoms with van der Waals surface area (Å²) in [6.45, 7) is 3.70. The summed E-state index contributed by atoms with van der Waals surface area (Å²) in [4.78, 5) is 72.3. The normalized spacial score (nSPS) is 26.8. The molecule has 2 aromatic carbocycles. The molecule has 15 heteroatoms. The van der Waals surface area contributed by atoms with Gasteiger partial charge in [0.25, 0.3) is 0 Å². The number of hydrogen-bond donors (Lipinski definition) is 1. The first-order valence-corrected chi connectivity index (χ1v) is 18.5. The molecule has 4 aromatic rings. The molecule has 268 valence electrons. The third-order valence-electron chi connectivity index (χ3n) is 11.4. The van der Waals surface area contributed by atoms with E-state index in [-0.39, 0.29) is 30.2 Å². The van der Waals surface area contributed by atoms with Crippen molar-refractivity contribution < 1.29 is 38.6 Å². The molecule has 4 heterocycles. The molecule has 6 unspecified atom stereocenters. The van der Waals surface area contributed by atoms with Crippen molar-refractivity contribution in [1.82, 2.24) is 14.7 Å². The van der Waals surface area contributed by atoms with Gasteiger partial charge in [0, 0.05) is 38.8 Å². The van der Waals surface area contributed by atoms with Gasteiger partial charge in [0.05, 0.1) is 42.3 Å². The van der Waals surface area contributed by atoms with Gasteiger partial charge in [-0.2, -0.15) is 10.00 Å². The fourth-order valence-corrected chi connectivity index (χ4v) is 10.8. The minimum absolute atomic E-state index is 0.0574. The van der Waals surface area contributed by atoms with E-state index in [0.29, 0.717) is 31.2 Å². The van der Waals surface area contributed by atoms with E-state index in [1.165, 1.54) is 23.1 Å². The summed E-state index contributed by atoms with van der Waals surface area (Å²) in [5, 5.41) is 18.0. The number of aromatic nitrogens is 2. The quantitative estimate of drug-likeness (QED) is 0.175. The molecule has 0 radical (unpaired) electrons. The standard InChI is InChI=1S/C37H32BrClN4O8S/c1-15-20-12-17(39)6-9-26(20)52-31(15)24-14-27(41(3)40-24)42-33(46)23-13-21-18(7-8-19-28(21)34(47)43(32(19)45)36(49)51-5)29(37(23,2)35(42)48)22-10-16(38)11-25(50-4)30(22)44/h6-7,9-12,14,19,21,23,28-29,44H,8,13H2,1-5H3. The maximum atomic E-state index is 15.1. The lowest BCUT2D eigenvalue weighted by Crippen LogP contribution is -2.49. The number of phenols is 1. The molecule has 2 aliphatic heterocycles. The van der Waals surface area contributed by atoms with Gasteiger partial charge in [0.2, 0.25) is 23.6 Å². The number of likely N-dealkylation sites (tertiary alicyclic amines) is 1. The first-order valence-electron chi connectivity index (χ1n) is 16.6. The topological polar surface area (TPSA) is 148 Å². The molecule has 8 rings (SSSR count). The third-order valence-corrected chi connectivity index (χ3v) is 13.4. The smallest absolute Gasteiger partial charge is 0.423 e. The van der Waals surface area contributed by atoms with Gasteiger partial charge >= 0.3 is 6.09 Å². The Morgan fingerprint density at radius 1 is 1.08 bits per heavy atom. The van der Waals surface area contributed by atoms with Gasteiger partial charge in [0.1, 0.15) is 11.5 Å². The van der Waals surface area contributed by atoms with E-state index in [2.05, 4.69) is 15.9 Å². The van der Waals surface area contributed by atoms with Crippen LogP contribution in [0.5, 0.6) is 11.5 Å². The SMILES string of the molecule is COC(=O)N1C(=O)C2CC=C3C(CC4C(=O)N(c5cc(-c6sc7ccc(Cl)cc7c6C)nn5C)C(=O)C4(C)C3c3cc(Br)cc(OC)c3O)C2C1=O. The number of methoxy groups -OCH3 is 2. The Hall–Kier alpha value is -4.53. The van der Waals surface area contributed by atoms with E-state index < -0.39 is 64.7 Å². The molecular weight excluding hydrogens is 776 g/mol. The fourth-order valence-electron chi connectivity index (χ4n) is 9.03. The Labute approximate surface area is 315 Å². The van der Waals surface area contributed by atoms with Crippen molar-refractivity contribution in [2.45, 2.75) is 32.6 Å². The van der Waals surface area contributed by atoms with Gasteiger partial charge < -0.3 is 14.6 Å². The van der Waals surface area contributed by atoms with Crippen LogP contribution in [-0.2, 0) is 31.0 Å². The molecule has 2 aromatic heterocycles. The van der Waals surface area contributed by atoms with Crippen molar-refractivity contribution in [2.24, 2.45) is 36.1 Å². The van der Waals surface area contributed by atoms with Crippen LogP contribution in [0.1, 0.15) is 36.8 Å². The van der Waals surface area contributed by atoms with Crippen molar-refractivity contribution in [3.8, 4) is 22.1 Å². The number of carbonyl (C=O) groups is 5. The maximum absolute atomic E-state index is 15.1. The number of hydrogen-bond acceptors (Lipinski definition) is 10. The lowest BCUT2D eigenvalue weighted by molar-refractivity contribution is -0.138. The van der Waals surface area contributed by atoms with Gasteiger partial charge in [-0.05, 0) is 73.9 Å². The second-order valence-electron chi connectivity index (χ2n) is 13.9. The molecule has 1 saturated carbocycles. The van der Waals surface area contributed by atoms with Crippen LogP contribution in [-0.4, -0.2) is 63.7 Å². The molecule has 52 heavy (non-hydrogen) atoms. The zero-order chi connectivity index (χ0) is 37.1. The molecule has 6 atom stereocenters. The zero-order valence-electron chi connectivity index (χ0n) is 28.6. The highest BCUT2D eigenvalue weighted by Crippen LogP contribution is 2.65. The lowest BCUT2D eigenvalue weighted by atomic mass is 9.51. The van der Waals surface area contributed by atoms with Crippen molar-refractivity contribution >= 4 is 84.5 Å². The van der Waals surface area contributed by atoms with E-state index in [1.54, 1.807) is 32.2 Å². The van der Waals surface area contributed by atoms with E-state index in [0.717, 1.165) is 32.5 Å². The largest absolute Gasteiger partial charge is 0.504 e. The lowest BCUT2D eigenvalue weighted by Gasteiger charge is -2.49. The number of ether oxygens (including phenoxy) is 2. The Morgan fingerprint density at radius 3 is 2.54 bits per heavy atom. The molecule has 2 aliphatic carbocycles. The highest BCUT2D eigenvalue weighted by atomic mass is 79.9. The van der Waals surface area contributed by atoms with Crippen molar-refractivity contribution in [3.05, 3.63) is 68.7 Å². The number of rotatable bonds is 4. The van der Waals surface area contributed by atoms with Gasteiger partial charge in [-0.15, -0.1) is 11.3 Å². The van der Waals surface area contributed by atoms with E-state index in [1.807, 2.05) is 31.2 Å². The predicted molar refractivity (Wildman–Crippen MR) is 195 cm³/mol. The Bertz CT molecular complexity index is 2330. The number of nitrogens with zero attached hydrogens (tertiary/aromatic N) is 4. The Kier molecular flexibility index (Phi) is 7.97. The monoisotopic (exact) mass is 806 g/mol. The number of fused-ring (bicyclic) bond motifs is 5. The summed E-state index contributed by atoms with van der Waals surface area (Å²) < 4.78 is 13.3. The molecule has 3 fully saturated rings. The zero-order valence-corrected chi connectivity index (χ0v) is 31.8. The van der Waals surface area contributed by atoms with Gasteiger partial charge in [-0.3, -0.25) is 23.9 Å². The first kappa shape index (κ1) is 34.6. The van der Waals surface area contributed by atoms with Crippen molar-refractivity contribution in [3.63, 3.8) is 0 Å². The summed E-state index contributed by atoms with van der Waals surface area (Å²) >= 11 is 11.3. The average molecular weight is 808 g/mol. The van der Waals surface area contributed by atoms with Gasteiger partial charge in [-0.1, -0.05) is 39.2 Å². The van der Waals surface area contributed by atoms with E-state index in [9.17, 15) is 24.3 Å². The third kappa shape index (κ3) is 4.62. The fraction of sp³-hybridized carbons (Fsp3) is 0.351. The maximum Gasteiger partial charge on any atom is 0.423 e. The van der Waals surface area contributed by atoms with Crippen molar-refractivity contribution in [2.75, 3.05) is 19.1 Å². The predicted octanol–water partition coefficient (Wildman–Crippen LogP) is 6.74. The number of thiophene rings is 1. The highest BCUT2D eigenvalue weighted by molar-refractivity contribution is 9.10. The summed E-state index contributed by atoms with van der Waals surface area (Å²) in [6.07, 6.45) is 0.936. The van der Waals surface area contributed by atoms with E-state index >= 15 is 4.79 Å². The molecule has 2 saturated heterocycles. The summed E-state index contributed by atoms with van der Waals surface area (Å²) in [5.74, 6) is -6.57. The number of benzene rings is 2. The number of amides is 5. The second kappa shape index (κ2) is 12.0. The van der Waals surface area contributed by atoms with Crippen LogP contribution < -0.4 is 9.64 Å². The number of anilines is 1. The molecule has 1 N–H and O–H groups in total. The highest BCUT2D eigenvalue weighted by Gasteiger charge is 2.68. The first-order chi connectivity index (χ1) is 24.7. The number of imide groups is 4. The van der Waals surface area contributed by atoms with Crippen LogP contribution in [0.4, 0.5) is 10.6 Å². The number of carbonyl (C=O) groups excluding carboxylic acids is 5. The molecule has 0 bridgehead atoms. The molecule has 12 nitrogen and oxygen atoms in total. The molecule has 4 aliphatic rings. The van der Waals surface area contributed by atoms with Crippen LogP contribution in [0.2, 0.25) is 5.02 Å². The number of phenolic OH excluding ortho intramolecular Hbond substituents is 1. The van der Waals surface area contributed by atoms with Crippen molar-refractivity contribution in [1.29, 1.82) is 0 Å². The minimum Gasteiger partial charge on any atom is -0.504 e. The summed E-state index contributed by atoms with van der Waals surface area (Å²) in [7, 11) is 4.18. The summed E-state index contributed by atoms with van der Waals surface area (Å²) in [5.41, 5.74) is 1.06. The number of allylic oxidation sites excluding steroid dienone is 2. The minimum atomic E-state index is -1.45. The Morgan fingerprint density at radius 2 is 1.83 bits per heavy atom. The summed E-state index contributed by atoms with van der Waals surface area (Å²) in [6, 6.07) is 10.7. The van der Waals surface area contributed by atoms with Crippen LogP contribution in [0, 0.1) is 36.0 Å². The average Bonchev–Trinajstić information content (AvgIpc) is 3.79. The van der Waals surface area contributed by atoms with Crippen LogP contribution in [0.3, 0.4) is 0 Å². The van der Waals surface area contributed by atoms with Gasteiger partial charge in [-0.25, -0.2) is 9.69 Å². The molecular formula is C37H32BrClN4O8S. The number of halogens is 2. The van der Waals surface area contributed by atoms with Crippen LogP contribution >= 0.6 is 38.9 Å². The van der Waals surface area contributed by atoms with E-state index in [4.69, 9.17) is 26.2 Å². The number of aryl methyl sites for hydroxylation is 2. The van der Waals surface area contributed by atoms with Crippen LogP contribution in [0.15, 0.2) is 52.5 Å². The Balaban J connectivity index is 1.28.